The number of anilines is 1. The summed E-state index contributed by atoms with van der Waals surface area (Å²) in [6.45, 7) is 2.18. The third-order valence-electron chi connectivity index (χ3n) is 2.67. The van der Waals surface area contributed by atoms with Crippen LogP contribution in [0, 0.1) is 10.5 Å². The zero-order chi connectivity index (χ0) is 14.5. The van der Waals surface area contributed by atoms with Gasteiger partial charge in [-0.1, -0.05) is 41.9 Å². The summed E-state index contributed by atoms with van der Waals surface area (Å²) in [6, 6.07) is 13.1. The van der Waals surface area contributed by atoms with Crippen LogP contribution < -0.4 is 5.32 Å². The Bertz CT molecular complexity index is 617. The first-order valence-corrected chi connectivity index (χ1v) is 7.45. The lowest BCUT2D eigenvalue weighted by atomic mass is 10.2. The number of hydrogen-bond acceptors (Lipinski definition) is 2. The number of amides is 1. The predicted octanol–water partition coefficient (Wildman–Crippen LogP) is 5.00. The van der Waals surface area contributed by atoms with Gasteiger partial charge < -0.3 is 4.74 Å². The quantitative estimate of drug-likeness (QED) is 0.735. The van der Waals surface area contributed by atoms with E-state index in [1.807, 2.05) is 43.3 Å². The summed E-state index contributed by atoms with van der Waals surface area (Å²) in [5.74, 6) is 0. The van der Waals surface area contributed by atoms with E-state index in [-0.39, 0.29) is 6.61 Å². The molecule has 0 unspecified atom stereocenters. The maximum Gasteiger partial charge on any atom is 0.411 e. The van der Waals surface area contributed by atoms with Crippen molar-refractivity contribution in [1.82, 2.24) is 0 Å². The molecule has 1 N–H and O–H groups in total. The minimum atomic E-state index is -0.492. The molecule has 0 fully saturated rings. The standard InChI is InChI=1S/C15H13ClINO2/c1-10-7-12(16)8-13(14(10)17)18-15(19)20-9-11-5-3-2-4-6-11/h2-8H,9H2,1H3,(H,18,19). The lowest BCUT2D eigenvalue weighted by Crippen LogP contribution is -2.14. The molecule has 0 spiro atoms. The number of hydrogen-bond donors (Lipinski definition) is 1. The summed E-state index contributed by atoms with van der Waals surface area (Å²) in [6.07, 6.45) is -0.492. The lowest BCUT2D eigenvalue weighted by molar-refractivity contribution is 0.155. The number of carbonyl (C=O) groups excluding carboxylic acids is 1. The van der Waals surface area contributed by atoms with E-state index in [1.54, 1.807) is 6.07 Å². The van der Waals surface area contributed by atoms with Crippen LogP contribution in [0.3, 0.4) is 0 Å². The number of nitrogens with one attached hydrogen (secondary N) is 1. The Kier molecular flexibility index (Phi) is 5.25. The molecule has 0 saturated carbocycles. The first-order chi connectivity index (χ1) is 9.56. The van der Waals surface area contributed by atoms with E-state index in [9.17, 15) is 4.79 Å². The van der Waals surface area contributed by atoms with Crippen molar-refractivity contribution in [3.8, 4) is 0 Å². The minimum absolute atomic E-state index is 0.239. The van der Waals surface area contributed by atoms with Crippen LogP contribution in [-0.4, -0.2) is 6.09 Å². The molecule has 0 aliphatic rings. The average Bonchev–Trinajstić information content (AvgIpc) is 2.43. The second-order valence-electron chi connectivity index (χ2n) is 4.27. The fourth-order valence-electron chi connectivity index (χ4n) is 1.69. The number of aryl methyl sites for hydroxylation is 1. The van der Waals surface area contributed by atoms with Crippen molar-refractivity contribution in [3.63, 3.8) is 0 Å². The Morgan fingerprint density at radius 3 is 2.70 bits per heavy atom. The third kappa shape index (κ3) is 4.11. The zero-order valence-electron chi connectivity index (χ0n) is 10.8. The van der Waals surface area contributed by atoms with Crippen LogP contribution in [0.15, 0.2) is 42.5 Å². The van der Waals surface area contributed by atoms with E-state index in [0.717, 1.165) is 14.7 Å². The Morgan fingerprint density at radius 1 is 1.30 bits per heavy atom. The van der Waals surface area contributed by atoms with Gasteiger partial charge in [-0.2, -0.15) is 0 Å². The molecule has 2 aromatic carbocycles. The van der Waals surface area contributed by atoms with Crippen LogP contribution in [0.1, 0.15) is 11.1 Å². The topological polar surface area (TPSA) is 38.3 Å². The Labute approximate surface area is 136 Å². The van der Waals surface area contributed by atoms with Gasteiger partial charge in [-0.3, -0.25) is 5.32 Å². The van der Waals surface area contributed by atoms with Gasteiger partial charge in [0.15, 0.2) is 0 Å². The van der Waals surface area contributed by atoms with Gasteiger partial charge in [0.1, 0.15) is 6.61 Å². The van der Waals surface area contributed by atoms with Crippen molar-refractivity contribution in [2.75, 3.05) is 5.32 Å². The molecule has 20 heavy (non-hydrogen) atoms. The number of rotatable bonds is 3. The van der Waals surface area contributed by atoms with Crippen molar-refractivity contribution >= 4 is 46.0 Å². The molecule has 0 heterocycles. The normalized spacial score (nSPS) is 10.2. The van der Waals surface area contributed by atoms with Crippen molar-refractivity contribution in [2.24, 2.45) is 0 Å². The van der Waals surface area contributed by atoms with Gasteiger partial charge in [-0.05, 0) is 52.8 Å². The van der Waals surface area contributed by atoms with E-state index in [1.165, 1.54) is 0 Å². The van der Waals surface area contributed by atoms with Gasteiger partial charge in [0.05, 0.1) is 5.69 Å². The predicted molar refractivity (Wildman–Crippen MR) is 89.2 cm³/mol. The summed E-state index contributed by atoms with van der Waals surface area (Å²) in [7, 11) is 0. The van der Waals surface area contributed by atoms with Gasteiger partial charge in [-0.25, -0.2) is 4.79 Å². The van der Waals surface area contributed by atoms with Crippen molar-refractivity contribution in [2.45, 2.75) is 13.5 Å². The van der Waals surface area contributed by atoms with Gasteiger partial charge in [0, 0.05) is 8.59 Å². The number of benzene rings is 2. The van der Waals surface area contributed by atoms with Crippen LogP contribution >= 0.6 is 34.2 Å². The molecule has 0 radical (unpaired) electrons. The maximum absolute atomic E-state index is 11.8. The van der Waals surface area contributed by atoms with Crippen molar-refractivity contribution < 1.29 is 9.53 Å². The minimum Gasteiger partial charge on any atom is -0.444 e. The second-order valence-corrected chi connectivity index (χ2v) is 5.79. The number of ether oxygens (including phenoxy) is 1. The van der Waals surface area contributed by atoms with Crippen LogP contribution in [0.2, 0.25) is 5.02 Å². The molecule has 1 amide bonds. The van der Waals surface area contributed by atoms with E-state index in [0.29, 0.717) is 10.7 Å². The molecular formula is C15H13ClINO2. The summed E-state index contributed by atoms with van der Waals surface area (Å²) >= 11 is 8.15. The largest absolute Gasteiger partial charge is 0.444 e. The molecule has 104 valence electrons. The van der Waals surface area contributed by atoms with Crippen molar-refractivity contribution in [1.29, 1.82) is 0 Å². The van der Waals surface area contributed by atoms with E-state index in [4.69, 9.17) is 16.3 Å². The molecular weight excluding hydrogens is 389 g/mol. The molecule has 0 aliphatic carbocycles. The molecule has 0 atom stereocenters. The molecule has 0 aliphatic heterocycles. The second kappa shape index (κ2) is 6.95. The molecule has 5 heteroatoms. The van der Waals surface area contributed by atoms with Gasteiger partial charge in [-0.15, -0.1) is 0 Å². The Morgan fingerprint density at radius 2 is 2.00 bits per heavy atom. The highest BCUT2D eigenvalue weighted by atomic mass is 127. The first-order valence-electron chi connectivity index (χ1n) is 5.99. The summed E-state index contributed by atoms with van der Waals surface area (Å²) in [4.78, 5) is 11.8. The fraction of sp³-hybridized carbons (Fsp3) is 0.133. The molecule has 2 aromatic rings. The molecule has 3 nitrogen and oxygen atoms in total. The summed E-state index contributed by atoms with van der Waals surface area (Å²) in [5, 5.41) is 3.29. The molecule has 0 saturated heterocycles. The van der Waals surface area contributed by atoms with Crippen LogP contribution in [0.5, 0.6) is 0 Å². The Balaban J connectivity index is 1.98. The van der Waals surface area contributed by atoms with E-state index >= 15 is 0 Å². The Hall–Kier alpha value is -1.27. The van der Waals surface area contributed by atoms with Gasteiger partial charge in [0.25, 0.3) is 0 Å². The smallest absolute Gasteiger partial charge is 0.411 e. The lowest BCUT2D eigenvalue weighted by Gasteiger charge is -2.10. The maximum atomic E-state index is 11.8. The van der Waals surface area contributed by atoms with Crippen LogP contribution in [0.25, 0.3) is 0 Å². The highest BCUT2D eigenvalue weighted by Gasteiger charge is 2.09. The summed E-state index contributed by atoms with van der Waals surface area (Å²) in [5.41, 5.74) is 2.62. The van der Waals surface area contributed by atoms with Gasteiger partial charge >= 0.3 is 6.09 Å². The van der Waals surface area contributed by atoms with E-state index in [2.05, 4.69) is 27.9 Å². The zero-order valence-corrected chi connectivity index (χ0v) is 13.7. The highest BCUT2D eigenvalue weighted by molar-refractivity contribution is 14.1. The summed E-state index contributed by atoms with van der Waals surface area (Å²) < 4.78 is 6.12. The highest BCUT2D eigenvalue weighted by Crippen LogP contribution is 2.26. The van der Waals surface area contributed by atoms with Crippen molar-refractivity contribution in [3.05, 3.63) is 62.2 Å². The number of halogens is 2. The van der Waals surface area contributed by atoms with Crippen LogP contribution in [0.4, 0.5) is 10.5 Å². The van der Waals surface area contributed by atoms with Gasteiger partial charge in [0.2, 0.25) is 0 Å². The average molecular weight is 402 g/mol. The monoisotopic (exact) mass is 401 g/mol. The molecule has 2 rings (SSSR count). The van der Waals surface area contributed by atoms with E-state index < -0.39 is 6.09 Å². The molecule has 0 aromatic heterocycles. The third-order valence-corrected chi connectivity index (χ3v) is 4.32. The molecule has 0 bridgehead atoms. The first kappa shape index (κ1) is 15.1. The fourth-order valence-corrected chi connectivity index (χ4v) is 2.40. The SMILES string of the molecule is Cc1cc(Cl)cc(NC(=O)OCc2ccccc2)c1I. The van der Waals surface area contributed by atoms with Crippen LogP contribution in [-0.2, 0) is 11.3 Å². The number of carbonyl (C=O) groups is 1.